The molecule has 0 saturated heterocycles. The van der Waals surface area contributed by atoms with Crippen LogP contribution in [0.3, 0.4) is 0 Å². The Morgan fingerprint density at radius 1 is 1.04 bits per heavy atom. The molecule has 0 bridgehead atoms. The lowest BCUT2D eigenvalue weighted by molar-refractivity contribution is 0.323. The molecule has 0 unspecified atom stereocenters. The third-order valence-corrected chi connectivity index (χ3v) is 4.73. The van der Waals surface area contributed by atoms with E-state index in [1.54, 1.807) is 21.3 Å². The Balaban J connectivity index is 2.13. The molecular weight excluding hydrogens is 382 g/mol. The van der Waals surface area contributed by atoms with Crippen molar-refractivity contribution in [2.75, 3.05) is 27.1 Å². The van der Waals surface area contributed by atoms with E-state index in [0.717, 1.165) is 30.7 Å². The summed E-state index contributed by atoms with van der Waals surface area (Å²) in [5.74, 6) is 2.72. The molecular formula is C19H24ClN5O3. The van der Waals surface area contributed by atoms with Crippen LogP contribution in [0.1, 0.15) is 31.2 Å². The molecule has 2 N–H and O–H groups in total. The van der Waals surface area contributed by atoms with Crippen molar-refractivity contribution in [3.8, 4) is 17.2 Å². The maximum atomic E-state index is 6.26. The van der Waals surface area contributed by atoms with Crippen molar-refractivity contribution in [2.24, 2.45) is 0 Å². The molecule has 8 nitrogen and oxygen atoms in total. The summed E-state index contributed by atoms with van der Waals surface area (Å²) in [5.41, 5.74) is 7.92. The van der Waals surface area contributed by atoms with Gasteiger partial charge in [0.15, 0.2) is 22.3 Å². The number of nitrogens with zero attached hydrogens (tertiary/aromatic N) is 4. The molecule has 0 aliphatic carbocycles. The first-order valence-corrected chi connectivity index (χ1v) is 9.37. The Hall–Kier alpha value is -2.74. The number of anilines is 1. The van der Waals surface area contributed by atoms with Gasteiger partial charge in [0.05, 0.1) is 27.9 Å². The zero-order valence-electron chi connectivity index (χ0n) is 16.5. The molecule has 3 aromatic rings. The highest BCUT2D eigenvalue weighted by Gasteiger charge is 2.19. The molecule has 2 aromatic heterocycles. The van der Waals surface area contributed by atoms with Crippen LogP contribution < -0.4 is 19.9 Å². The lowest BCUT2D eigenvalue weighted by atomic mass is 10.1. The summed E-state index contributed by atoms with van der Waals surface area (Å²) in [7, 11) is 4.76. The molecule has 9 heteroatoms. The molecule has 0 aliphatic heterocycles. The number of aromatic nitrogens is 4. The van der Waals surface area contributed by atoms with Crippen LogP contribution in [-0.2, 0) is 13.0 Å². The van der Waals surface area contributed by atoms with Crippen LogP contribution in [0, 0.1) is 0 Å². The van der Waals surface area contributed by atoms with Crippen molar-refractivity contribution in [3.63, 3.8) is 0 Å². The summed E-state index contributed by atoms with van der Waals surface area (Å²) in [6, 6.07) is 3.81. The third-order valence-electron chi connectivity index (χ3n) is 4.47. The molecule has 0 aliphatic rings. The maximum Gasteiger partial charge on any atom is 0.223 e. The highest BCUT2D eigenvalue weighted by Crippen LogP contribution is 2.38. The van der Waals surface area contributed by atoms with Gasteiger partial charge in [-0.3, -0.25) is 0 Å². The van der Waals surface area contributed by atoms with Crippen LogP contribution in [-0.4, -0.2) is 40.8 Å². The van der Waals surface area contributed by atoms with Gasteiger partial charge in [-0.1, -0.05) is 24.9 Å². The van der Waals surface area contributed by atoms with Crippen molar-refractivity contribution < 1.29 is 14.2 Å². The highest BCUT2D eigenvalue weighted by molar-refractivity contribution is 6.33. The number of ether oxygens (including phenoxy) is 3. The van der Waals surface area contributed by atoms with Crippen LogP contribution in [0.2, 0.25) is 5.15 Å². The first kappa shape index (κ1) is 20.0. The van der Waals surface area contributed by atoms with E-state index in [1.165, 1.54) is 0 Å². The van der Waals surface area contributed by atoms with Crippen LogP contribution >= 0.6 is 11.6 Å². The van der Waals surface area contributed by atoms with Crippen LogP contribution in [0.15, 0.2) is 12.1 Å². The van der Waals surface area contributed by atoms with E-state index < -0.39 is 0 Å². The molecule has 3 rings (SSSR count). The number of unbranched alkanes of at least 4 members (excludes halogenated alkanes) is 1. The minimum absolute atomic E-state index is 0.116. The van der Waals surface area contributed by atoms with Crippen molar-refractivity contribution in [3.05, 3.63) is 28.7 Å². The SMILES string of the molecule is CCCCc1nc2c(Cl)nc(N)nc2n1Cc1cc(OC)c(OC)c(OC)c1. The smallest absolute Gasteiger partial charge is 0.223 e. The van der Waals surface area contributed by atoms with E-state index in [-0.39, 0.29) is 11.1 Å². The van der Waals surface area contributed by atoms with Gasteiger partial charge in [0.25, 0.3) is 0 Å². The summed E-state index contributed by atoms with van der Waals surface area (Å²) in [4.78, 5) is 13.1. The van der Waals surface area contributed by atoms with Gasteiger partial charge in [-0.15, -0.1) is 0 Å². The van der Waals surface area contributed by atoms with E-state index >= 15 is 0 Å². The zero-order valence-corrected chi connectivity index (χ0v) is 17.2. The first-order chi connectivity index (χ1) is 13.5. The van der Waals surface area contributed by atoms with Crippen LogP contribution in [0.25, 0.3) is 11.2 Å². The first-order valence-electron chi connectivity index (χ1n) is 8.99. The molecule has 0 spiro atoms. The molecule has 150 valence electrons. The normalized spacial score (nSPS) is 11.0. The lowest BCUT2D eigenvalue weighted by Crippen LogP contribution is -2.08. The number of benzene rings is 1. The second kappa shape index (κ2) is 8.52. The number of imidazole rings is 1. The second-order valence-electron chi connectivity index (χ2n) is 6.30. The van der Waals surface area contributed by atoms with Crippen molar-refractivity contribution >= 4 is 28.7 Å². The van der Waals surface area contributed by atoms with Crippen molar-refractivity contribution in [2.45, 2.75) is 32.7 Å². The number of halogens is 1. The number of rotatable bonds is 8. The summed E-state index contributed by atoms with van der Waals surface area (Å²) >= 11 is 6.26. The fourth-order valence-electron chi connectivity index (χ4n) is 3.13. The van der Waals surface area contributed by atoms with Gasteiger partial charge in [0, 0.05) is 6.42 Å². The van der Waals surface area contributed by atoms with E-state index in [4.69, 9.17) is 31.5 Å². The Labute approximate surface area is 168 Å². The topological polar surface area (TPSA) is 97.3 Å². The average molecular weight is 406 g/mol. The van der Waals surface area contributed by atoms with Gasteiger partial charge in [-0.05, 0) is 24.1 Å². The van der Waals surface area contributed by atoms with Crippen molar-refractivity contribution in [1.29, 1.82) is 0 Å². The fraction of sp³-hybridized carbons (Fsp3) is 0.421. The molecule has 2 heterocycles. The minimum atomic E-state index is 0.116. The molecule has 0 atom stereocenters. The second-order valence-corrected chi connectivity index (χ2v) is 6.65. The van der Waals surface area contributed by atoms with Gasteiger partial charge in [-0.25, -0.2) is 4.98 Å². The molecule has 0 amide bonds. The van der Waals surface area contributed by atoms with E-state index in [0.29, 0.717) is 35.0 Å². The number of methoxy groups -OCH3 is 3. The van der Waals surface area contributed by atoms with E-state index in [2.05, 4.69) is 21.9 Å². The van der Waals surface area contributed by atoms with Crippen molar-refractivity contribution in [1.82, 2.24) is 19.5 Å². The predicted octanol–water partition coefficient (Wildman–Crippen LogP) is 3.48. The molecule has 0 saturated carbocycles. The van der Waals surface area contributed by atoms with Gasteiger partial charge in [-0.2, -0.15) is 9.97 Å². The maximum absolute atomic E-state index is 6.26. The van der Waals surface area contributed by atoms with Gasteiger partial charge < -0.3 is 24.5 Å². The monoisotopic (exact) mass is 405 g/mol. The minimum Gasteiger partial charge on any atom is -0.493 e. The Morgan fingerprint density at radius 3 is 2.29 bits per heavy atom. The molecule has 1 aromatic carbocycles. The zero-order chi connectivity index (χ0) is 20.3. The number of hydrogen-bond donors (Lipinski definition) is 1. The summed E-state index contributed by atoms with van der Waals surface area (Å²) in [6.45, 7) is 2.63. The Bertz CT molecular complexity index is 964. The Kier molecular flexibility index (Phi) is 6.08. The average Bonchev–Trinajstić information content (AvgIpc) is 3.03. The molecule has 0 radical (unpaired) electrons. The third kappa shape index (κ3) is 3.77. The number of fused-ring (bicyclic) bond motifs is 1. The summed E-state index contributed by atoms with van der Waals surface area (Å²) in [5, 5.41) is 0.254. The molecule has 28 heavy (non-hydrogen) atoms. The number of nitrogen functional groups attached to an aromatic ring is 1. The summed E-state index contributed by atoms with van der Waals surface area (Å²) in [6.07, 6.45) is 2.85. The Morgan fingerprint density at radius 2 is 1.71 bits per heavy atom. The van der Waals surface area contributed by atoms with Gasteiger partial charge in [0.2, 0.25) is 11.7 Å². The van der Waals surface area contributed by atoms with Gasteiger partial charge >= 0.3 is 0 Å². The fourth-order valence-corrected chi connectivity index (χ4v) is 3.34. The number of hydrogen-bond acceptors (Lipinski definition) is 7. The lowest BCUT2D eigenvalue weighted by Gasteiger charge is -2.15. The standard InChI is InChI=1S/C19H24ClN5O3/c1-5-6-7-14-22-15-17(20)23-19(21)24-18(15)25(14)10-11-8-12(26-2)16(28-4)13(9-11)27-3/h8-9H,5-7,10H2,1-4H3,(H2,21,23,24). The van der Waals surface area contributed by atoms with Gasteiger partial charge in [0.1, 0.15) is 11.3 Å². The number of aryl methyl sites for hydroxylation is 1. The predicted molar refractivity (Wildman–Crippen MR) is 109 cm³/mol. The number of nitrogens with two attached hydrogens (primary N) is 1. The van der Waals surface area contributed by atoms with Crippen LogP contribution in [0.4, 0.5) is 5.95 Å². The van der Waals surface area contributed by atoms with Crippen LogP contribution in [0.5, 0.6) is 17.2 Å². The summed E-state index contributed by atoms with van der Waals surface area (Å²) < 4.78 is 18.3. The molecule has 0 fully saturated rings. The van der Waals surface area contributed by atoms with E-state index in [1.807, 2.05) is 16.7 Å². The highest BCUT2D eigenvalue weighted by atomic mass is 35.5. The van der Waals surface area contributed by atoms with E-state index in [9.17, 15) is 0 Å². The quantitative estimate of drug-likeness (QED) is 0.573. The largest absolute Gasteiger partial charge is 0.493 e.